The second kappa shape index (κ2) is 7.41. The summed E-state index contributed by atoms with van der Waals surface area (Å²) in [5.41, 5.74) is 7.22. The zero-order chi connectivity index (χ0) is 11.8. The molecule has 0 saturated heterocycles. The first-order valence-electron chi connectivity index (χ1n) is 6.14. The molecule has 0 saturated carbocycles. The summed E-state index contributed by atoms with van der Waals surface area (Å²) in [5, 5.41) is 4.27. The van der Waals surface area contributed by atoms with Crippen molar-refractivity contribution in [1.29, 1.82) is 0 Å². The van der Waals surface area contributed by atoms with Gasteiger partial charge < -0.3 is 10.5 Å². The van der Waals surface area contributed by atoms with Gasteiger partial charge in [-0.05, 0) is 25.3 Å². The number of nitrogens with zero attached hydrogens (tertiary/aromatic N) is 2. The molecule has 0 aliphatic heterocycles. The first-order chi connectivity index (χ1) is 7.79. The van der Waals surface area contributed by atoms with Crippen LogP contribution in [0.2, 0.25) is 0 Å². The van der Waals surface area contributed by atoms with Crippen molar-refractivity contribution in [2.75, 3.05) is 13.2 Å². The van der Waals surface area contributed by atoms with E-state index in [-0.39, 0.29) is 6.04 Å². The average Bonchev–Trinajstić information content (AvgIpc) is 2.73. The standard InChI is InChI=1S/C12H23N3O/c1-3-8-15-12(5-7-14-15)11(13)6-10-16-9-4-2/h5,7,11H,3-4,6,8-10,13H2,1-2H3. The van der Waals surface area contributed by atoms with E-state index in [1.807, 2.05) is 16.9 Å². The quantitative estimate of drug-likeness (QED) is 0.689. The molecule has 0 aliphatic carbocycles. The van der Waals surface area contributed by atoms with Crippen molar-refractivity contribution in [2.45, 2.75) is 45.7 Å². The van der Waals surface area contributed by atoms with Crippen LogP contribution in [-0.2, 0) is 11.3 Å². The summed E-state index contributed by atoms with van der Waals surface area (Å²) in [6.45, 7) is 6.73. The normalized spacial score (nSPS) is 12.9. The molecule has 0 fully saturated rings. The molecule has 4 heteroatoms. The van der Waals surface area contributed by atoms with Crippen LogP contribution in [0.25, 0.3) is 0 Å². The molecule has 4 nitrogen and oxygen atoms in total. The Morgan fingerprint density at radius 1 is 1.38 bits per heavy atom. The number of aryl methyl sites for hydroxylation is 1. The Hall–Kier alpha value is -0.870. The Morgan fingerprint density at radius 3 is 2.88 bits per heavy atom. The molecule has 0 aliphatic rings. The van der Waals surface area contributed by atoms with E-state index in [0.29, 0.717) is 0 Å². The Morgan fingerprint density at radius 2 is 2.19 bits per heavy atom. The van der Waals surface area contributed by atoms with Crippen LogP contribution < -0.4 is 5.73 Å². The summed E-state index contributed by atoms with van der Waals surface area (Å²) >= 11 is 0. The van der Waals surface area contributed by atoms with Gasteiger partial charge in [-0.2, -0.15) is 5.10 Å². The first kappa shape index (κ1) is 13.2. The second-order valence-corrected chi connectivity index (χ2v) is 3.99. The molecular formula is C12H23N3O. The van der Waals surface area contributed by atoms with Crippen LogP contribution >= 0.6 is 0 Å². The zero-order valence-electron chi connectivity index (χ0n) is 10.4. The maximum absolute atomic E-state index is 6.11. The maximum atomic E-state index is 6.11. The molecule has 16 heavy (non-hydrogen) atoms. The Balaban J connectivity index is 2.39. The molecule has 0 amide bonds. The van der Waals surface area contributed by atoms with E-state index in [4.69, 9.17) is 10.5 Å². The minimum absolute atomic E-state index is 0.0332. The number of hydrogen-bond acceptors (Lipinski definition) is 3. The van der Waals surface area contributed by atoms with Crippen LogP contribution in [0.3, 0.4) is 0 Å². The molecule has 2 N–H and O–H groups in total. The Labute approximate surface area is 97.8 Å². The highest BCUT2D eigenvalue weighted by molar-refractivity contribution is 5.06. The van der Waals surface area contributed by atoms with E-state index in [1.165, 1.54) is 0 Å². The summed E-state index contributed by atoms with van der Waals surface area (Å²) in [6, 6.07) is 2.03. The molecule has 1 aromatic heterocycles. The number of hydrogen-bond donors (Lipinski definition) is 1. The molecule has 0 radical (unpaired) electrons. The van der Waals surface area contributed by atoms with Crippen LogP contribution in [-0.4, -0.2) is 23.0 Å². The highest BCUT2D eigenvalue weighted by Gasteiger charge is 2.10. The van der Waals surface area contributed by atoms with Gasteiger partial charge in [-0.1, -0.05) is 13.8 Å². The topological polar surface area (TPSA) is 53.1 Å². The lowest BCUT2D eigenvalue weighted by atomic mass is 10.1. The van der Waals surface area contributed by atoms with E-state index in [9.17, 15) is 0 Å². The molecule has 0 bridgehead atoms. The van der Waals surface area contributed by atoms with Crippen LogP contribution in [0.5, 0.6) is 0 Å². The third kappa shape index (κ3) is 3.94. The summed E-state index contributed by atoms with van der Waals surface area (Å²) in [7, 11) is 0. The first-order valence-corrected chi connectivity index (χ1v) is 6.14. The van der Waals surface area contributed by atoms with Crippen LogP contribution in [0, 0.1) is 0 Å². The fourth-order valence-electron chi connectivity index (χ4n) is 1.66. The fraction of sp³-hybridized carbons (Fsp3) is 0.750. The van der Waals surface area contributed by atoms with E-state index in [2.05, 4.69) is 18.9 Å². The Bertz CT molecular complexity index is 286. The van der Waals surface area contributed by atoms with E-state index >= 15 is 0 Å². The average molecular weight is 225 g/mol. The number of rotatable bonds is 8. The van der Waals surface area contributed by atoms with Crippen molar-refractivity contribution in [1.82, 2.24) is 9.78 Å². The van der Waals surface area contributed by atoms with Gasteiger partial charge in [0.05, 0.1) is 5.69 Å². The van der Waals surface area contributed by atoms with Crippen molar-refractivity contribution in [2.24, 2.45) is 5.73 Å². The van der Waals surface area contributed by atoms with Crippen molar-refractivity contribution in [3.8, 4) is 0 Å². The highest BCUT2D eigenvalue weighted by Crippen LogP contribution is 2.13. The van der Waals surface area contributed by atoms with Crippen molar-refractivity contribution >= 4 is 0 Å². The molecule has 1 rings (SSSR count). The van der Waals surface area contributed by atoms with Gasteiger partial charge >= 0.3 is 0 Å². The predicted molar refractivity (Wildman–Crippen MR) is 65.2 cm³/mol. The second-order valence-electron chi connectivity index (χ2n) is 3.99. The molecule has 1 unspecified atom stereocenters. The minimum atomic E-state index is 0.0332. The summed E-state index contributed by atoms with van der Waals surface area (Å²) in [5.74, 6) is 0. The summed E-state index contributed by atoms with van der Waals surface area (Å²) in [4.78, 5) is 0. The van der Waals surface area contributed by atoms with Gasteiger partial charge in [0.15, 0.2) is 0 Å². The molecular weight excluding hydrogens is 202 g/mol. The van der Waals surface area contributed by atoms with Crippen LogP contribution in [0.4, 0.5) is 0 Å². The Kier molecular flexibility index (Phi) is 6.11. The van der Waals surface area contributed by atoms with E-state index < -0.39 is 0 Å². The van der Waals surface area contributed by atoms with E-state index in [0.717, 1.165) is 44.7 Å². The molecule has 0 aromatic carbocycles. The summed E-state index contributed by atoms with van der Waals surface area (Å²) in [6.07, 6.45) is 4.81. The zero-order valence-corrected chi connectivity index (χ0v) is 10.4. The van der Waals surface area contributed by atoms with Gasteiger partial charge in [0.25, 0.3) is 0 Å². The largest absolute Gasteiger partial charge is 0.381 e. The van der Waals surface area contributed by atoms with Crippen LogP contribution in [0.15, 0.2) is 12.3 Å². The van der Waals surface area contributed by atoms with Gasteiger partial charge in [0.1, 0.15) is 0 Å². The van der Waals surface area contributed by atoms with E-state index in [1.54, 1.807) is 0 Å². The lowest BCUT2D eigenvalue weighted by molar-refractivity contribution is 0.127. The third-order valence-corrected chi connectivity index (χ3v) is 2.49. The lowest BCUT2D eigenvalue weighted by Gasteiger charge is -2.13. The minimum Gasteiger partial charge on any atom is -0.381 e. The number of ether oxygens (including phenoxy) is 1. The number of aromatic nitrogens is 2. The smallest absolute Gasteiger partial charge is 0.0552 e. The van der Waals surface area contributed by atoms with Crippen molar-refractivity contribution in [3.05, 3.63) is 18.0 Å². The highest BCUT2D eigenvalue weighted by atomic mass is 16.5. The monoisotopic (exact) mass is 225 g/mol. The molecule has 1 heterocycles. The number of nitrogens with two attached hydrogens (primary N) is 1. The predicted octanol–water partition coefficient (Wildman–Crippen LogP) is 2.11. The van der Waals surface area contributed by atoms with Crippen molar-refractivity contribution < 1.29 is 4.74 Å². The molecule has 1 atom stereocenters. The van der Waals surface area contributed by atoms with Gasteiger partial charge in [-0.15, -0.1) is 0 Å². The van der Waals surface area contributed by atoms with Gasteiger partial charge in [-0.25, -0.2) is 0 Å². The van der Waals surface area contributed by atoms with Gasteiger partial charge in [-0.3, -0.25) is 4.68 Å². The fourth-order valence-corrected chi connectivity index (χ4v) is 1.66. The van der Waals surface area contributed by atoms with Gasteiger partial charge in [0, 0.05) is 32.0 Å². The molecule has 0 spiro atoms. The molecule has 1 aromatic rings. The van der Waals surface area contributed by atoms with Crippen molar-refractivity contribution in [3.63, 3.8) is 0 Å². The van der Waals surface area contributed by atoms with Gasteiger partial charge in [0.2, 0.25) is 0 Å². The lowest BCUT2D eigenvalue weighted by Crippen LogP contribution is -2.18. The third-order valence-electron chi connectivity index (χ3n) is 2.49. The SMILES string of the molecule is CCCOCCC(N)c1ccnn1CCC. The summed E-state index contributed by atoms with van der Waals surface area (Å²) < 4.78 is 7.43. The molecule has 92 valence electrons. The van der Waals surface area contributed by atoms with Crippen LogP contribution in [0.1, 0.15) is 44.8 Å². The maximum Gasteiger partial charge on any atom is 0.0552 e.